The third-order valence-corrected chi connectivity index (χ3v) is 2.64. The lowest BCUT2D eigenvalue weighted by molar-refractivity contribution is 0.0523. The SMILES string of the molecule is CC(C)(C)OC(=O)n1ncc2cc(C=NNC(N)=S)ccc21. The quantitative estimate of drug-likeness (QED) is 0.499. The predicted molar refractivity (Wildman–Crippen MR) is 88.9 cm³/mol. The van der Waals surface area contributed by atoms with Crippen LogP contribution >= 0.6 is 12.2 Å². The number of rotatable bonds is 2. The van der Waals surface area contributed by atoms with Gasteiger partial charge in [0.05, 0.1) is 17.9 Å². The van der Waals surface area contributed by atoms with Gasteiger partial charge in [0.15, 0.2) is 5.11 Å². The Balaban J connectivity index is 2.25. The second-order valence-electron chi connectivity index (χ2n) is 5.59. The van der Waals surface area contributed by atoms with Crippen molar-refractivity contribution < 1.29 is 9.53 Å². The first kappa shape index (κ1) is 15.9. The van der Waals surface area contributed by atoms with Gasteiger partial charge in [-0.05, 0) is 50.7 Å². The van der Waals surface area contributed by atoms with Crippen LogP contribution in [-0.4, -0.2) is 32.8 Å². The van der Waals surface area contributed by atoms with Crippen LogP contribution in [0, 0.1) is 0 Å². The van der Waals surface area contributed by atoms with Gasteiger partial charge in [-0.25, -0.2) is 4.79 Å². The highest BCUT2D eigenvalue weighted by atomic mass is 32.1. The fourth-order valence-electron chi connectivity index (χ4n) is 1.75. The summed E-state index contributed by atoms with van der Waals surface area (Å²) in [4.78, 5) is 12.1. The van der Waals surface area contributed by atoms with Gasteiger partial charge in [0, 0.05) is 5.39 Å². The number of fused-ring (bicyclic) bond motifs is 1. The largest absolute Gasteiger partial charge is 0.442 e. The van der Waals surface area contributed by atoms with Crippen LogP contribution in [0.5, 0.6) is 0 Å². The van der Waals surface area contributed by atoms with Crippen molar-refractivity contribution >= 4 is 40.5 Å². The van der Waals surface area contributed by atoms with Crippen LogP contribution in [-0.2, 0) is 4.74 Å². The second-order valence-corrected chi connectivity index (χ2v) is 6.03. The Hall–Kier alpha value is -2.48. The summed E-state index contributed by atoms with van der Waals surface area (Å²) < 4.78 is 6.54. The molecule has 0 amide bonds. The van der Waals surface area contributed by atoms with Crippen molar-refractivity contribution in [2.45, 2.75) is 26.4 Å². The molecule has 1 aromatic carbocycles. The number of carbonyl (C=O) groups is 1. The van der Waals surface area contributed by atoms with E-state index in [0.29, 0.717) is 5.52 Å². The van der Waals surface area contributed by atoms with Crippen LogP contribution in [0.15, 0.2) is 29.5 Å². The number of aromatic nitrogens is 2. The summed E-state index contributed by atoms with van der Waals surface area (Å²) in [5.74, 6) is 0. The summed E-state index contributed by atoms with van der Waals surface area (Å²) >= 11 is 4.65. The van der Waals surface area contributed by atoms with Gasteiger partial charge in [-0.1, -0.05) is 6.07 Å². The molecule has 22 heavy (non-hydrogen) atoms. The highest BCUT2D eigenvalue weighted by Crippen LogP contribution is 2.17. The number of carbonyl (C=O) groups excluding carboxylic acids is 1. The zero-order valence-electron chi connectivity index (χ0n) is 12.5. The van der Waals surface area contributed by atoms with Gasteiger partial charge in [-0.15, -0.1) is 0 Å². The molecule has 0 unspecified atom stereocenters. The average molecular weight is 319 g/mol. The number of ether oxygens (including phenoxy) is 1. The monoisotopic (exact) mass is 319 g/mol. The standard InChI is InChI=1S/C14H17N5O2S/c1-14(2,3)21-13(20)19-11-5-4-9(6-10(11)8-17-19)7-16-18-12(15)22/h4-8H,1-3H3,(H3,15,18,22). The molecule has 0 aliphatic rings. The van der Waals surface area contributed by atoms with Crippen LogP contribution in [0.3, 0.4) is 0 Å². The summed E-state index contributed by atoms with van der Waals surface area (Å²) in [5.41, 5.74) is 8.66. The molecule has 116 valence electrons. The molecule has 3 N–H and O–H groups in total. The van der Waals surface area contributed by atoms with Gasteiger partial charge in [0.2, 0.25) is 0 Å². The van der Waals surface area contributed by atoms with Gasteiger partial charge >= 0.3 is 6.09 Å². The van der Waals surface area contributed by atoms with E-state index in [9.17, 15) is 4.79 Å². The highest BCUT2D eigenvalue weighted by molar-refractivity contribution is 7.80. The number of hydrogen-bond acceptors (Lipinski definition) is 5. The van der Waals surface area contributed by atoms with E-state index >= 15 is 0 Å². The molecule has 8 heteroatoms. The Bertz CT molecular complexity index is 745. The van der Waals surface area contributed by atoms with Crippen LogP contribution in [0.25, 0.3) is 10.9 Å². The van der Waals surface area contributed by atoms with E-state index in [1.54, 1.807) is 45.3 Å². The Morgan fingerprint density at radius 2 is 2.23 bits per heavy atom. The number of hydrogen-bond donors (Lipinski definition) is 2. The molecule has 1 aromatic heterocycles. The smallest absolute Gasteiger partial charge is 0.435 e. The van der Waals surface area contributed by atoms with Crippen molar-refractivity contribution in [1.82, 2.24) is 15.2 Å². The van der Waals surface area contributed by atoms with Crippen molar-refractivity contribution in [2.75, 3.05) is 0 Å². The number of benzene rings is 1. The maximum Gasteiger partial charge on any atom is 0.435 e. The molecule has 0 saturated heterocycles. The average Bonchev–Trinajstić information content (AvgIpc) is 2.79. The molecule has 0 saturated carbocycles. The van der Waals surface area contributed by atoms with E-state index in [0.717, 1.165) is 10.9 Å². The van der Waals surface area contributed by atoms with Gasteiger partial charge < -0.3 is 10.5 Å². The lowest BCUT2D eigenvalue weighted by atomic mass is 10.2. The van der Waals surface area contributed by atoms with Crippen molar-refractivity contribution in [3.05, 3.63) is 30.0 Å². The minimum absolute atomic E-state index is 0.0927. The molecule has 2 rings (SSSR count). The first-order valence-electron chi connectivity index (χ1n) is 6.56. The molecular weight excluding hydrogens is 302 g/mol. The van der Waals surface area contributed by atoms with Crippen LogP contribution in [0.1, 0.15) is 26.3 Å². The summed E-state index contributed by atoms with van der Waals surface area (Å²) in [6.07, 6.45) is 2.65. The van der Waals surface area contributed by atoms with E-state index in [2.05, 4.69) is 27.8 Å². The van der Waals surface area contributed by atoms with Crippen LogP contribution < -0.4 is 11.2 Å². The maximum atomic E-state index is 12.1. The Morgan fingerprint density at radius 3 is 2.86 bits per heavy atom. The van der Waals surface area contributed by atoms with Gasteiger partial charge in [-0.2, -0.15) is 14.9 Å². The van der Waals surface area contributed by atoms with Crippen molar-refractivity contribution in [3.8, 4) is 0 Å². The van der Waals surface area contributed by atoms with Crippen molar-refractivity contribution in [3.63, 3.8) is 0 Å². The predicted octanol–water partition coefficient (Wildman–Crippen LogP) is 1.99. The summed E-state index contributed by atoms with van der Waals surface area (Å²) in [5, 5.41) is 8.84. The maximum absolute atomic E-state index is 12.1. The molecule has 0 bridgehead atoms. The van der Waals surface area contributed by atoms with Gasteiger partial charge in [0.25, 0.3) is 0 Å². The molecule has 2 aromatic rings. The molecule has 0 fully saturated rings. The number of thiocarbonyl (C=S) groups is 1. The number of nitrogens with zero attached hydrogens (tertiary/aromatic N) is 3. The van der Waals surface area contributed by atoms with E-state index in [1.165, 1.54) is 4.68 Å². The zero-order valence-corrected chi connectivity index (χ0v) is 13.3. The third kappa shape index (κ3) is 4.01. The number of hydrazone groups is 1. The Labute approximate surface area is 133 Å². The normalized spacial score (nSPS) is 11.8. The molecule has 7 nitrogen and oxygen atoms in total. The molecule has 0 aliphatic heterocycles. The lowest BCUT2D eigenvalue weighted by Gasteiger charge is -2.19. The zero-order chi connectivity index (χ0) is 16.3. The van der Waals surface area contributed by atoms with E-state index in [-0.39, 0.29) is 5.11 Å². The molecule has 0 spiro atoms. The Kier molecular flexibility index (Phi) is 4.41. The third-order valence-electron chi connectivity index (χ3n) is 2.55. The topological polar surface area (TPSA) is 94.5 Å². The summed E-state index contributed by atoms with van der Waals surface area (Å²) in [6, 6.07) is 5.41. The van der Waals surface area contributed by atoms with Gasteiger partial charge in [0.1, 0.15) is 5.60 Å². The minimum Gasteiger partial charge on any atom is -0.442 e. The lowest BCUT2D eigenvalue weighted by Crippen LogP contribution is -2.27. The molecule has 0 atom stereocenters. The van der Waals surface area contributed by atoms with E-state index < -0.39 is 11.7 Å². The van der Waals surface area contributed by atoms with Crippen molar-refractivity contribution in [1.29, 1.82) is 0 Å². The van der Waals surface area contributed by atoms with Gasteiger partial charge in [-0.3, -0.25) is 5.43 Å². The minimum atomic E-state index is -0.575. The number of nitrogens with one attached hydrogen (secondary N) is 1. The first-order valence-corrected chi connectivity index (χ1v) is 6.97. The molecule has 0 aliphatic carbocycles. The molecular formula is C14H17N5O2S. The molecule has 0 radical (unpaired) electrons. The number of nitrogens with two attached hydrogens (primary N) is 1. The van der Waals surface area contributed by atoms with Crippen LogP contribution in [0.4, 0.5) is 4.79 Å². The Morgan fingerprint density at radius 1 is 1.50 bits per heavy atom. The van der Waals surface area contributed by atoms with E-state index in [4.69, 9.17) is 10.5 Å². The second kappa shape index (κ2) is 6.10. The summed E-state index contributed by atoms with van der Waals surface area (Å²) in [6.45, 7) is 5.42. The van der Waals surface area contributed by atoms with E-state index in [1.807, 2.05) is 6.07 Å². The first-order chi connectivity index (χ1) is 10.3. The summed E-state index contributed by atoms with van der Waals surface area (Å²) in [7, 11) is 0. The fourth-order valence-corrected chi connectivity index (χ4v) is 1.81. The highest BCUT2D eigenvalue weighted by Gasteiger charge is 2.19. The van der Waals surface area contributed by atoms with Crippen molar-refractivity contribution in [2.24, 2.45) is 10.8 Å². The fraction of sp³-hybridized carbons (Fsp3) is 0.286. The van der Waals surface area contributed by atoms with Crippen LogP contribution in [0.2, 0.25) is 0 Å². The molecule has 1 heterocycles.